The Hall–Kier alpha value is -0.150. The molecule has 1 aliphatic carbocycles. The molecule has 0 aromatic rings. The first-order chi connectivity index (χ1) is 7.45. The van der Waals surface area contributed by atoms with E-state index in [1.165, 1.54) is 12.8 Å². The maximum Gasteiger partial charge on any atom is 0.231 e. The Morgan fingerprint density at radius 1 is 1.25 bits per heavy atom. The van der Waals surface area contributed by atoms with Crippen molar-refractivity contribution in [2.45, 2.75) is 71.8 Å². The van der Waals surface area contributed by atoms with Crippen LogP contribution in [0.4, 0.5) is 4.39 Å². The first kappa shape index (κ1) is 13.9. The monoisotopic (exact) mass is 232 g/mol. The molecule has 16 heavy (non-hydrogen) atoms. The molecule has 0 saturated heterocycles. The molecule has 1 unspecified atom stereocenters. The van der Waals surface area contributed by atoms with Gasteiger partial charge in [0.2, 0.25) is 6.36 Å². The van der Waals surface area contributed by atoms with E-state index in [-0.39, 0.29) is 5.60 Å². The molecule has 0 aromatic carbocycles. The van der Waals surface area contributed by atoms with E-state index in [1.807, 2.05) is 13.8 Å². The van der Waals surface area contributed by atoms with Gasteiger partial charge < -0.3 is 0 Å². The molecule has 96 valence electrons. The summed E-state index contributed by atoms with van der Waals surface area (Å²) in [5.74, 6) is 1.30. The number of alkyl halides is 1. The molecule has 0 aliphatic heterocycles. The van der Waals surface area contributed by atoms with Crippen LogP contribution >= 0.6 is 0 Å². The summed E-state index contributed by atoms with van der Waals surface area (Å²) >= 11 is 0. The Balaban J connectivity index is 2.37. The maximum atomic E-state index is 12.9. The molecule has 0 spiro atoms. The van der Waals surface area contributed by atoms with Crippen LogP contribution in [0.15, 0.2) is 0 Å². The van der Waals surface area contributed by atoms with Crippen molar-refractivity contribution in [3.05, 3.63) is 0 Å². The Labute approximate surface area is 98.4 Å². The van der Waals surface area contributed by atoms with Gasteiger partial charge in [-0.2, -0.15) is 4.89 Å². The van der Waals surface area contributed by atoms with Crippen LogP contribution in [0, 0.1) is 11.8 Å². The average Bonchev–Trinajstić information content (AvgIpc) is 2.26. The lowest BCUT2D eigenvalue weighted by Crippen LogP contribution is -2.37. The van der Waals surface area contributed by atoms with E-state index in [1.54, 1.807) is 6.92 Å². The molecule has 0 aromatic heterocycles. The van der Waals surface area contributed by atoms with Crippen LogP contribution in [0.3, 0.4) is 0 Å². The summed E-state index contributed by atoms with van der Waals surface area (Å²) in [7, 11) is 0. The van der Waals surface area contributed by atoms with Gasteiger partial charge in [-0.3, -0.25) is 0 Å². The van der Waals surface area contributed by atoms with Crippen molar-refractivity contribution >= 4 is 0 Å². The molecule has 0 amide bonds. The third-order valence-electron chi connectivity index (χ3n) is 3.69. The SMILES string of the molecule is CCC(F)OOC(C)(C)C1CCC(C)CC1. The van der Waals surface area contributed by atoms with E-state index >= 15 is 0 Å². The predicted molar refractivity (Wildman–Crippen MR) is 62.6 cm³/mol. The summed E-state index contributed by atoms with van der Waals surface area (Å²) in [5, 5.41) is 0. The van der Waals surface area contributed by atoms with Crippen LogP contribution in [0.1, 0.15) is 59.8 Å². The molecule has 2 nitrogen and oxygen atoms in total. The van der Waals surface area contributed by atoms with Crippen LogP contribution in [0.2, 0.25) is 0 Å². The largest absolute Gasteiger partial charge is 0.231 e. The second-order valence-electron chi connectivity index (χ2n) is 5.56. The van der Waals surface area contributed by atoms with Crippen molar-refractivity contribution in [3.8, 4) is 0 Å². The normalized spacial score (nSPS) is 29.1. The average molecular weight is 232 g/mol. The standard InChI is InChI=1S/C13H25FO2/c1-5-12(14)15-16-13(3,4)11-8-6-10(2)7-9-11/h10-12H,5-9H2,1-4H3. The zero-order valence-corrected chi connectivity index (χ0v) is 11.0. The summed E-state index contributed by atoms with van der Waals surface area (Å²) < 4.78 is 12.9. The number of rotatable bonds is 5. The quantitative estimate of drug-likeness (QED) is 0.521. The topological polar surface area (TPSA) is 18.5 Å². The van der Waals surface area contributed by atoms with Crippen molar-refractivity contribution < 1.29 is 14.2 Å². The molecule has 0 radical (unpaired) electrons. The lowest BCUT2D eigenvalue weighted by Gasteiger charge is -2.37. The third kappa shape index (κ3) is 4.02. The smallest absolute Gasteiger partial charge is 0.227 e. The van der Waals surface area contributed by atoms with Crippen LogP contribution < -0.4 is 0 Å². The van der Waals surface area contributed by atoms with Crippen molar-refractivity contribution in [1.29, 1.82) is 0 Å². The highest BCUT2D eigenvalue weighted by molar-refractivity contribution is 4.82. The molecule has 1 fully saturated rings. The Morgan fingerprint density at radius 2 is 1.81 bits per heavy atom. The summed E-state index contributed by atoms with van der Waals surface area (Å²) in [6, 6.07) is 0. The van der Waals surface area contributed by atoms with E-state index in [0.29, 0.717) is 12.3 Å². The number of hydrogen-bond acceptors (Lipinski definition) is 2. The predicted octanol–water partition coefficient (Wildman–Crippen LogP) is 4.25. The Morgan fingerprint density at radius 3 is 2.31 bits per heavy atom. The third-order valence-corrected chi connectivity index (χ3v) is 3.69. The number of hydrogen-bond donors (Lipinski definition) is 0. The van der Waals surface area contributed by atoms with Crippen molar-refractivity contribution in [3.63, 3.8) is 0 Å². The second kappa shape index (κ2) is 5.97. The molecule has 0 N–H and O–H groups in total. The van der Waals surface area contributed by atoms with E-state index in [4.69, 9.17) is 9.78 Å². The zero-order chi connectivity index (χ0) is 12.2. The zero-order valence-electron chi connectivity index (χ0n) is 11.0. The minimum absolute atomic E-state index is 0.331. The van der Waals surface area contributed by atoms with Crippen molar-refractivity contribution in [2.24, 2.45) is 11.8 Å². The Bertz CT molecular complexity index is 198. The van der Waals surface area contributed by atoms with Crippen LogP contribution in [0.5, 0.6) is 0 Å². The molecule has 0 bridgehead atoms. The van der Waals surface area contributed by atoms with Gasteiger partial charge >= 0.3 is 0 Å². The van der Waals surface area contributed by atoms with Gasteiger partial charge in [-0.1, -0.05) is 26.7 Å². The van der Waals surface area contributed by atoms with E-state index in [0.717, 1.165) is 18.8 Å². The fraction of sp³-hybridized carbons (Fsp3) is 1.00. The Kier molecular flexibility index (Phi) is 5.19. The molecule has 1 aliphatic rings. The highest BCUT2D eigenvalue weighted by Gasteiger charge is 2.34. The molecule has 1 rings (SSSR count). The van der Waals surface area contributed by atoms with Gasteiger partial charge in [0.15, 0.2) is 0 Å². The highest BCUT2D eigenvalue weighted by atomic mass is 19.1. The van der Waals surface area contributed by atoms with Crippen molar-refractivity contribution in [2.75, 3.05) is 0 Å². The first-order valence-electron chi connectivity index (χ1n) is 6.44. The van der Waals surface area contributed by atoms with Gasteiger partial charge in [-0.05, 0) is 38.5 Å². The highest BCUT2D eigenvalue weighted by Crippen LogP contribution is 2.37. The summed E-state index contributed by atoms with van der Waals surface area (Å²) in [4.78, 5) is 10.1. The minimum atomic E-state index is -1.30. The van der Waals surface area contributed by atoms with E-state index in [9.17, 15) is 4.39 Å². The molecule has 1 saturated carbocycles. The summed E-state index contributed by atoms with van der Waals surface area (Å²) in [5.41, 5.74) is -0.375. The minimum Gasteiger partial charge on any atom is -0.227 e. The summed E-state index contributed by atoms with van der Waals surface area (Å²) in [6.07, 6.45) is 3.81. The number of halogens is 1. The van der Waals surface area contributed by atoms with Crippen molar-refractivity contribution in [1.82, 2.24) is 0 Å². The van der Waals surface area contributed by atoms with Crippen LogP contribution in [0.25, 0.3) is 0 Å². The fourth-order valence-corrected chi connectivity index (χ4v) is 2.27. The lowest BCUT2D eigenvalue weighted by atomic mass is 9.75. The molecule has 0 heterocycles. The van der Waals surface area contributed by atoms with Gasteiger partial charge in [-0.15, -0.1) is 0 Å². The van der Waals surface area contributed by atoms with Gasteiger partial charge in [0.1, 0.15) is 5.60 Å². The van der Waals surface area contributed by atoms with Gasteiger partial charge in [0.25, 0.3) is 0 Å². The lowest BCUT2D eigenvalue weighted by molar-refractivity contribution is -0.408. The van der Waals surface area contributed by atoms with E-state index in [2.05, 4.69) is 6.92 Å². The maximum absolute atomic E-state index is 12.9. The molecular weight excluding hydrogens is 207 g/mol. The van der Waals surface area contributed by atoms with Gasteiger partial charge in [-0.25, -0.2) is 9.28 Å². The van der Waals surface area contributed by atoms with Crippen LogP contribution in [-0.2, 0) is 9.78 Å². The van der Waals surface area contributed by atoms with E-state index < -0.39 is 6.36 Å². The second-order valence-corrected chi connectivity index (χ2v) is 5.56. The first-order valence-corrected chi connectivity index (χ1v) is 6.44. The summed E-state index contributed by atoms with van der Waals surface area (Å²) in [6.45, 7) is 8.02. The van der Waals surface area contributed by atoms with Gasteiger partial charge in [0.05, 0.1) is 0 Å². The molecular formula is C13H25FO2. The van der Waals surface area contributed by atoms with Gasteiger partial charge in [0, 0.05) is 6.42 Å². The molecule has 1 atom stereocenters. The molecule has 3 heteroatoms. The van der Waals surface area contributed by atoms with Crippen LogP contribution in [-0.4, -0.2) is 12.0 Å². The fourth-order valence-electron chi connectivity index (χ4n) is 2.27.